The molecule has 3 aromatic rings. The van der Waals surface area contributed by atoms with Crippen LogP contribution in [0, 0.1) is 0 Å². The van der Waals surface area contributed by atoms with E-state index in [9.17, 15) is 14.4 Å². The van der Waals surface area contributed by atoms with Crippen LogP contribution in [0.4, 0.5) is 11.5 Å². The van der Waals surface area contributed by atoms with Crippen LogP contribution >= 0.6 is 11.3 Å². The van der Waals surface area contributed by atoms with Gasteiger partial charge in [-0.05, 0) is 54.3 Å². The van der Waals surface area contributed by atoms with E-state index in [0.29, 0.717) is 0 Å². The largest absolute Gasteiger partial charge is 0.383 e. The van der Waals surface area contributed by atoms with Gasteiger partial charge in [-0.25, -0.2) is 4.79 Å². The van der Waals surface area contributed by atoms with Crippen molar-refractivity contribution < 1.29 is 4.79 Å². The van der Waals surface area contributed by atoms with Gasteiger partial charge in [-0.3, -0.25) is 24.0 Å². The number of likely N-dealkylation sites (N-methyl/N-ethyl adjacent to an activating group) is 1. The summed E-state index contributed by atoms with van der Waals surface area (Å²) in [5, 5.41) is 4.16. The fourth-order valence-electron chi connectivity index (χ4n) is 4.34. The summed E-state index contributed by atoms with van der Waals surface area (Å²) in [5.74, 6) is -0.217. The standard InChI is InChI=1S/C23H27N5O3S/c1-2-27(19(29)14-26-11-6-9-18(26)17-10-12-32-15-17)20-21(24)28(23(31)25-22(20)30)13-16-7-4-3-5-8-16/h3-5,7-8,10,12,15,18H,2,6,9,11,13-14,24H2,1H3,(H,25,30,31). The number of hydrogen-bond acceptors (Lipinski definition) is 6. The van der Waals surface area contributed by atoms with E-state index >= 15 is 0 Å². The monoisotopic (exact) mass is 453 g/mol. The van der Waals surface area contributed by atoms with E-state index in [0.717, 1.165) is 24.9 Å². The molecule has 1 unspecified atom stereocenters. The summed E-state index contributed by atoms with van der Waals surface area (Å²) in [7, 11) is 0. The maximum Gasteiger partial charge on any atom is 0.330 e. The molecule has 1 aromatic carbocycles. The fourth-order valence-corrected chi connectivity index (χ4v) is 5.04. The van der Waals surface area contributed by atoms with Crippen molar-refractivity contribution in [2.75, 3.05) is 30.3 Å². The second-order valence-corrected chi connectivity index (χ2v) is 8.67. The van der Waals surface area contributed by atoms with E-state index in [2.05, 4.69) is 21.3 Å². The average molecular weight is 454 g/mol. The molecule has 0 radical (unpaired) electrons. The molecule has 1 amide bonds. The van der Waals surface area contributed by atoms with Gasteiger partial charge in [0.1, 0.15) is 5.82 Å². The first-order valence-electron chi connectivity index (χ1n) is 10.7. The number of nitrogens with one attached hydrogen (secondary N) is 1. The first-order chi connectivity index (χ1) is 15.5. The highest BCUT2D eigenvalue weighted by Crippen LogP contribution is 2.33. The fraction of sp³-hybridized carbons (Fsp3) is 0.348. The number of benzene rings is 1. The van der Waals surface area contributed by atoms with Crippen molar-refractivity contribution in [2.45, 2.75) is 32.4 Å². The molecule has 0 spiro atoms. The lowest BCUT2D eigenvalue weighted by Crippen LogP contribution is -2.45. The van der Waals surface area contributed by atoms with Gasteiger partial charge in [-0.1, -0.05) is 30.3 Å². The summed E-state index contributed by atoms with van der Waals surface area (Å²) >= 11 is 1.65. The van der Waals surface area contributed by atoms with Crippen LogP contribution in [0.3, 0.4) is 0 Å². The Bertz CT molecular complexity index is 1190. The molecule has 1 aliphatic rings. The lowest BCUT2D eigenvalue weighted by molar-refractivity contribution is -0.119. The molecule has 32 heavy (non-hydrogen) atoms. The molecule has 3 N–H and O–H groups in total. The second kappa shape index (κ2) is 9.54. The van der Waals surface area contributed by atoms with E-state index in [1.165, 1.54) is 15.0 Å². The predicted molar refractivity (Wildman–Crippen MR) is 127 cm³/mol. The van der Waals surface area contributed by atoms with Gasteiger partial charge in [0.25, 0.3) is 5.56 Å². The Labute approximate surface area is 189 Å². The summed E-state index contributed by atoms with van der Waals surface area (Å²) in [6.07, 6.45) is 2.02. The Kier molecular flexibility index (Phi) is 6.57. The molecule has 4 rings (SSSR count). The van der Waals surface area contributed by atoms with E-state index in [-0.39, 0.29) is 43.1 Å². The number of H-pyrrole nitrogens is 1. The average Bonchev–Trinajstić information content (AvgIpc) is 3.46. The van der Waals surface area contributed by atoms with E-state index in [4.69, 9.17) is 5.73 Å². The number of carbonyl (C=O) groups is 1. The Hall–Kier alpha value is -3.17. The Morgan fingerprint density at radius 1 is 1.25 bits per heavy atom. The van der Waals surface area contributed by atoms with Gasteiger partial charge in [0.2, 0.25) is 5.91 Å². The van der Waals surface area contributed by atoms with Gasteiger partial charge < -0.3 is 10.6 Å². The summed E-state index contributed by atoms with van der Waals surface area (Å²) < 4.78 is 1.30. The Morgan fingerprint density at radius 3 is 2.72 bits per heavy atom. The summed E-state index contributed by atoms with van der Waals surface area (Å²) in [5.41, 5.74) is 7.16. The molecule has 9 heteroatoms. The third-order valence-electron chi connectivity index (χ3n) is 5.91. The maximum absolute atomic E-state index is 13.3. The normalized spacial score (nSPS) is 16.3. The SMILES string of the molecule is CCN(C(=O)CN1CCCC1c1ccsc1)c1c(N)n(Cc2ccccc2)c(=O)[nH]c1=O. The maximum atomic E-state index is 13.3. The molecule has 1 atom stereocenters. The minimum Gasteiger partial charge on any atom is -0.383 e. The first-order valence-corrected chi connectivity index (χ1v) is 11.7. The summed E-state index contributed by atoms with van der Waals surface area (Å²) in [4.78, 5) is 44.3. The lowest BCUT2D eigenvalue weighted by Gasteiger charge is -2.28. The van der Waals surface area contributed by atoms with Gasteiger partial charge in [0.05, 0.1) is 13.1 Å². The quantitative estimate of drug-likeness (QED) is 0.572. The topological polar surface area (TPSA) is 104 Å². The highest BCUT2D eigenvalue weighted by molar-refractivity contribution is 7.08. The zero-order valence-electron chi connectivity index (χ0n) is 18.0. The number of thiophene rings is 1. The number of likely N-dealkylation sites (tertiary alicyclic amines) is 1. The molecule has 1 saturated heterocycles. The van der Waals surface area contributed by atoms with Gasteiger partial charge in [0.15, 0.2) is 5.69 Å². The highest BCUT2D eigenvalue weighted by Gasteiger charge is 2.31. The minimum absolute atomic E-state index is 0.00592. The number of nitrogen functional groups attached to an aromatic ring is 1. The second-order valence-electron chi connectivity index (χ2n) is 7.89. The summed E-state index contributed by atoms with van der Waals surface area (Å²) in [6, 6.07) is 11.7. The van der Waals surface area contributed by atoms with E-state index < -0.39 is 11.2 Å². The third-order valence-corrected chi connectivity index (χ3v) is 6.62. The smallest absolute Gasteiger partial charge is 0.330 e. The van der Waals surface area contributed by atoms with Gasteiger partial charge in [-0.15, -0.1) is 0 Å². The van der Waals surface area contributed by atoms with Gasteiger partial charge in [-0.2, -0.15) is 11.3 Å². The van der Waals surface area contributed by atoms with Crippen LogP contribution in [0.1, 0.15) is 36.9 Å². The van der Waals surface area contributed by atoms with Crippen molar-refractivity contribution >= 4 is 28.7 Å². The third kappa shape index (κ3) is 4.39. The predicted octanol–water partition coefficient (Wildman–Crippen LogP) is 2.42. The number of hydrogen-bond donors (Lipinski definition) is 2. The zero-order valence-corrected chi connectivity index (χ0v) is 18.8. The van der Waals surface area contributed by atoms with Crippen molar-refractivity contribution in [2.24, 2.45) is 0 Å². The molecule has 2 aromatic heterocycles. The van der Waals surface area contributed by atoms with Crippen molar-refractivity contribution in [1.29, 1.82) is 0 Å². The number of aromatic nitrogens is 2. The van der Waals surface area contributed by atoms with Crippen LogP contribution in [0.2, 0.25) is 0 Å². The molecule has 0 bridgehead atoms. The molecule has 1 fully saturated rings. The zero-order chi connectivity index (χ0) is 22.7. The van der Waals surface area contributed by atoms with Crippen molar-refractivity contribution in [3.63, 3.8) is 0 Å². The molecule has 8 nitrogen and oxygen atoms in total. The van der Waals surface area contributed by atoms with Crippen molar-refractivity contribution in [3.05, 3.63) is 79.1 Å². The van der Waals surface area contributed by atoms with Crippen LogP contribution in [0.25, 0.3) is 0 Å². The van der Waals surface area contributed by atoms with Crippen molar-refractivity contribution in [3.8, 4) is 0 Å². The lowest BCUT2D eigenvalue weighted by atomic mass is 10.1. The number of aromatic amines is 1. The molecule has 3 heterocycles. The number of nitrogens with two attached hydrogens (primary N) is 1. The van der Waals surface area contributed by atoms with Crippen molar-refractivity contribution in [1.82, 2.24) is 14.5 Å². The van der Waals surface area contributed by atoms with Gasteiger partial charge >= 0.3 is 5.69 Å². The van der Waals surface area contributed by atoms with Gasteiger partial charge in [0, 0.05) is 12.6 Å². The molecular formula is C23H27N5O3S. The number of carbonyl (C=O) groups excluding carboxylic acids is 1. The summed E-state index contributed by atoms with van der Waals surface area (Å²) in [6.45, 7) is 3.28. The Balaban J connectivity index is 1.62. The molecule has 0 saturated carbocycles. The van der Waals surface area contributed by atoms with E-state index in [1.807, 2.05) is 35.7 Å². The Morgan fingerprint density at radius 2 is 2.03 bits per heavy atom. The van der Waals surface area contributed by atoms with Crippen LogP contribution < -0.4 is 21.9 Å². The molecule has 1 aliphatic heterocycles. The molecule has 168 valence electrons. The van der Waals surface area contributed by atoms with Crippen LogP contribution in [0.5, 0.6) is 0 Å². The van der Waals surface area contributed by atoms with E-state index in [1.54, 1.807) is 18.3 Å². The number of amides is 1. The first kappa shape index (κ1) is 22.0. The molecular weight excluding hydrogens is 426 g/mol. The number of nitrogens with zero attached hydrogens (tertiary/aromatic N) is 3. The van der Waals surface area contributed by atoms with Crippen LogP contribution in [-0.2, 0) is 11.3 Å². The molecule has 0 aliphatic carbocycles. The van der Waals surface area contributed by atoms with Crippen LogP contribution in [-0.4, -0.2) is 40.0 Å². The number of anilines is 2. The number of rotatable bonds is 7. The highest BCUT2D eigenvalue weighted by atomic mass is 32.1. The minimum atomic E-state index is -0.650. The van der Waals surface area contributed by atoms with Crippen LogP contribution in [0.15, 0.2) is 56.7 Å².